The van der Waals surface area contributed by atoms with Crippen LogP contribution in [0.4, 0.5) is 11.5 Å². The number of fused-ring (bicyclic) bond motifs is 1. The molecule has 0 saturated heterocycles. The summed E-state index contributed by atoms with van der Waals surface area (Å²) in [5.41, 5.74) is 2.85. The van der Waals surface area contributed by atoms with E-state index in [0.717, 1.165) is 42.8 Å². The number of benzene rings is 2. The van der Waals surface area contributed by atoms with E-state index in [1.165, 1.54) is 4.90 Å². The topological polar surface area (TPSA) is 125 Å². The number of rotatable bonds is 10. The van der Waals surface area contributed by atoms with E-state index >= 15 is 0 Å². The molecule has 1 aliphatic rings. The molecule has 2 aromatic heterocycles. The molecular formula is C29H31N7O3. The highest BCUT2D eigenvalue weighted by atomic mass is 16.5. The maximum atomic E-state index is 13.2. The second-order valence-corrected chi connectivity index (χ2v) is 9.40. The molecule has 3 heterocycles. The van der Waals surface area contributed by atoms with Crippen LogP contribution in [0.2, 0.25) is 0 Å². The number of hydrogen-bond acceptors (Lipinski definition) is 7. The van der Waals surface area contributed by atoms with Crippen LogP contribution in [0, 0.1) is 0 Å². The van der Waals surface area contributed by atoms with Crippen molar-refractivity contribution >= 4 is 23.3 Å². The summed E-state index contributed by atoms with van der Waals surface area (Å²) < 4.78 is 5.93. The van der Waals surface area contributed by atoms with Crippen molar-refractivity contribution in [3.05, 3.63) is 95.7 Å². The molecule has 4 aromatic rings. The zero-order valence-electron chi connectivity index (χ0n) is 21.8. The number of carbonyl (C=O) groups excluding carboxylic acids is 2. The third-order valence-corrected chi connectivity index (χ3v) is 6.54. The number of carbonyl (C=O) groups is 2. The zero-order chi connectivity index (χ0) is 27.0. The van der Waals surface area contributed by atoms with E-state index in [1.54, 1.807) is 13.2 Å². The average Bonchev–Trinajstić information content (AvgIpc) is 3.40. The SMILES string of the molecule is CN1C(=O)C(NC(=O)c2n[nH]c(Cc3ccccc3)n2)COc2ccc(CCCCNc3ccccn3)cc21. The van der Waals surface area contributed by atoms with Crippen molar-refractivity contribution in [3.8, 4) is 5.75 Å². The first kappa shape index (κ1) is 25.9. The Bertz CT molecular complexity index is 1410. The van der Waals surface area contributed by atoms with Crippen molar-refractivity contribution < 1.29 is 14.3 Å². The van der Waals surface area contributed by atoms with Gasteiger partial charge in [0, 0.05) is 26.2 Å². The third-order valence-electron chi connectivity index (χ3n) is 6.54. The van der Waals surface area contributed by atoms with Crippen molar-refractivity contribution in [2.45, 2.75) is 31.7 Å². The van der Waals surface area contributed by atoms with Crippen LogP contribution in [0.25, 0.3) is 0 Å². The highest BCUT2D eigenvalue weighted by Gasteiger charge is 2.31. The molecule has 10 heteroatoms. The summed E-state index contributed by atoms with van der Waals surface area (Å²) in [6.07, 6.45) is 5.13. The van der Waals surface area contributed by atoms with Crippen LogP contribution in [-0.2, 0) is 17.6 Å². The highest BCUT2D eigenvalue weighted by Crippen LogP contribution is 2.32. The lowest BCUT2D eigenvalue weighted by molar-refractivity contribution is -0.120. The summed E-state index contributed by atoms with van der Waals surface area (Å²) >= 11 is 0. The van der Waals surface area contributed by atoms with E-state index in [-0.39, 0.29) is 18.3 Å². The van der Waals surface area contributed by atoms with Gasteiger partial charge in [-0.25, -0.2) is 9.97 Å². The van der Waals surface area contributed by atoms with Crippen LogP contribution in [0.15, 0.2) is 72.9 Å². The van der Waals surface area contributed by atoms with Crippen LogP contribution in [0.1, 0.15) is 40.4 Å². The number of nitrogens with zero attached hydrogens (tertiary/aromatic N) is 4. The van der Waals surface area contributed by atoms with Crippen LogP contribution in [0.5, 0.6) is 5.75 Å². The molecule has 0 saturated carbocycles. The number of aryl methyl sites for hydroxylation is 1. The lowest BCUT2D eigenvalue weighted by Gasteiger charge is -2.20. The third kappa shape index (κ3) is 6.59. The number of pyridine rings is 1. The van der Waals surface area contributed by atoms with Gasteiger partial charge in [-0.05, 0) is 54.7 Å². The van der Waals surface area contributed by atoms with Crippen molar-refractivity contribution in [2.24, 2.45) is 0 Å². The Morgan fingerprint density at radius 3 is 2.74 bits per heavy atom. The molecule has 0 spiro atoms. The quantitative estimate of drug-likeness (QED) is 0.271. The first-order valence-electron chi connectivity index (χ1n) is 13.0. The number of aromatic amines is 1. The summed E-state index contributed by atoms with van der Waals surface area (Å²) in [5.74, 6) is 1.23. The van der Waals surface area contributed by atoms with E-state index in [9.17, 15) is 9.59 Å². The summed E-state index contributed by atoms with van der Waals surface area (Å²) in [5, 5.41) is 12.9. The van der Waals surface area contributed by atoms with E-state index in [4.69, 9.17) is 4.74 Å². The summed E-state index contributed by atoms with van der Waals surface area (Å²) in [4.78, 5) is 36.2. The lowest BCUT2D eigenvalue weighted by Crippen LogP contribution is -2.49. The van der Waals surface area contributed by atoms with Gasteiger partial charge in [0.2, 0.25) is 5.82 Å². The smallest absolute Gasteiger partial charge is 0.291 e. The summed E-state index contributed by atoms with van der Waals surface area (Å²) in [6, 6.07) is 20.6. The Morgan fingerprint density at radius 1 is 1.08 bits per heavy atom. The van der Waals surface area contributed by atoms with Gasteiger partial charge < -0.3 is 20.3 Å². The number of amides is 2. The van der Waals surface area contributed by atoms with Gasteiger partial charge in [-0.15, -0.1) is 5.10 Å². The van der Waals surface area contributed by atoms with Crippen LogP contribution >= 0.6 is 0 Å². The number of H-pyrrole nitrogens is 1. The van der Waals surface area contributed by atoms with Crippen LogP contribution in [-0.4, -0.2) is 58.2 Å². The minimum absolute atomic E-state index is 0.0156. The van der Waals surface area contributed by atoms with Crippen molar-refractivity contribution in [3.63, 3.8) is 0 Å². The molecule has 200 valence electrons. The second kappa shape index (κ2) is 12.2. The fourth-order valence-corrected chi connectivity index (χ4v) is 4.43. The predicted octanol–water partition coefficient (Wildman–Crippen LogP) is 3.38. The van der Waals surface area contributed by atoms with Crippen molar-refractivity contribution in [1.82, 2.24) is 25.5 Å². The van der Waals surface area contributed by atoms with E-state index in [0.29, 0.717) is 23.7 Å². The van der Waals surface area contributed by atoms with Gasteiger partial charge in [-0.1, -0.05) is 42.5 Å². The number of likely N-dealkylation sites (N-methyl/N-ethyl adjacent to an activating group) is 1. The second-order valence-electron chi connectivity index (χ2n) is 9.40. The largest absolute Gasteiger partial charge is 0.489 e. The fraction of sp³-hybridized carbons (Fsp3) is 0.276. The number of aromatic nitrogens is 4. The first-order chi connectivity index (χ1) is 19.1. The van der Waals surface area contributed by atoms with E-state index < -0.39 is 11.9 Å². The molecule has 0 fully saturated rings. The van der Waals surface area contributed by atoms with Crippen LogP contribution in [0.3, 0.4) is 0 Å². The zero-order valence-corrected chi connectivity index (χ0v) is 21.8. The molecule has 0 bridgehead atoms. The van der Waals surface area contributed by atoms with Gasteiger partial charge in [-0.2, -0.15) is 0 Å². The van der Waals surface area contributed by atoms with Gasteiger partial charge >= 0.3 is 0 Å². The first-order valence-corrected chi connectivity index (χ1v) is 13.0. The number of nitrogens with one attached hydrogen (secondary N) is 3. The lowest BCUT2D eigenvalue weighted by atomic mass is 10.1. The molecule has 10 nitrogen and oxygen atoms in total. The fourth-order valence-electron chi connectivity index (χ4n) is 4.43. The molecule has 2 aromatic carbocycles. The molecule has 1 aliphatic heterocycles. The minimum atomic E-state index is -0.868. The Kier molecular flexibility index (Phi) is 8.11. The average molecular weight is 526 g/mol. The number of ether oxygens (including phenoxy) is 1. The predicted molar refractivity (Wildman–Crippen MR) is 148 cm³/mol. The molecule has 0 aliphatic carbocycles. The monoisotopic (exact) mass is 525 g/mol. The maximum absolute atomic E-state index is 13.2. The van der Waals surface area contributed by atoms with Gasteiger partial charge in [0.25, 0.3) is 11.8 Å². The van der Waals surface area contributed by atoms with E-state index in [1.807, 2.05) is 66.7 Å². The van der Waals surface area contributed by atoms with Crippen molar-refractivity contribution in [1.29, 1.82) is 0 Å². The highest BCUT2D eigenvalue weighted by molar-refractivity contribution is 6.02. The molecular weight excluding hydrogens is 494 g/mol. The molecule has 2 amide bonds. The Balaban J connectivity index is 1.15. The Labute approximate surface area is 226 Å². The van der Waals surface area contributed by atoms with Crippen molar-refractivity contribution in [2.75, 3.05) is 30.4 Å². The van der Waals surface area contributed by atoms with Gasteiger partial charge in [0.15, 0.2) is 0 Å². The van der Waals surface area contributed by atoms with Gasteiger partial charge in [-0.3, -0.25) is 14.7 Å². The molecule has 5 rings (SSSR count). The molecule has 0 radical (unpaired) electrons. The summed E-state index contributed by atoms with van der Waals surface area (Å²) in [6.45, 7) is 0.852. The van der Waals surface area contributed by atoms with Gasteiger partial charge in [0.05, 0.1) is 5.69 Å². The molecule has 1 unspecified atom stereocenters. The van der Waals surface area contributed by atoms with E-state index in [2.05, 4.69) is 30.8 Å². The molecule has 1 atom stereocenters. The van der Waals surface area contributed by atoms with Gasteiger partial charge in [0.1, 0.15) is 30.0 Å². The van der Waals surface area contributed by atoms with Crippen LogP contribution < -0.4 is 20.3 Å². The minimum Gasteiger partial charge on any atom is -0.489 e. The normalized spacial score (nSPS) is 14.7. The summed E-state index contributed by atoms with van der Waals surface area (Å²) in [7, 11) is 1.69. The Morgan fingerprint density at radius 2 is 1.92 bits per heavy atom. The number of unbranched alkanes of at least 4 members (excludes halogenated alkanes) is 1. The maximum Gasteiger partial charge on any atom is 0.291 e. The molecule has 3 N–H and O–H groups in total. The Hall–Kier alpha value is -4.73. The molecule has 39 heavy (non-hydrogen) atoms. The standard InChI is InChI=1S/C29H31N7O3/c1-36-23-17-21(11-5-7-15-30-25-12-6-8-16-31-25)13-14-24(23)39-19-22(29(36)38)32-28(37)27-33-26(34-35-27)18-20-9-3-2-4-10-20/h2-4,6,8-10,12-14,16-17,22H,5,7,11,15,18-19H2,1H3,(H,30,31)(H,32,37)(H,33,34,35). The number of anilines is 2. The number of hydrogen-bond donors (Lipinski definition) is 3.